The molecular weight excluding hydrogens is 562 g/mol. The molecule has 0 atom stereocenters. The number of allylic oxidation sites excluding steroid dienone is 3. The Labute approximate surface area is 259 Å². The summed E-state index contributed by atoms with van der Waals surface area (Å²) in [4.78, 5) is 68.6. The minimum absolute atomic E-state index is 0.0398. The first-order valence-corrected chi connectivity index (χ1v) is 15.2. The third-order valence-corrected chi connectivity index (χ3v) is 7.77. The van der Waals surface area contributed by atoms with E-state index in [-0.39, 0.29) is 50.5 Å². The van der Waals surface area contributed by atoms with Gasteiger partial charge in [-0.05, 0) is 41.0 Å². The summed E-state index contributed by atoms with van der Waals surface area (Å²) in [6.45, 7) is 8.94. The standard InChI is InChI=1S/C34H43N3O7/c1-33(2,19-32(42)44-37-30(40)17-18-31(37)41)22-43-23-34(3,4)21-35-28(38)15-16-29(39)36-20-26-11-6-5-9-24(26)13-14-25-10-7-8-12-27(25)36/h6-8,10-14H,5,9,15-23H2,1-4H3,(H,35,38)/b14-13-. The second kappa shape index (κ2) is 14.2. The van der Waals surface area contributed by atoms with Crippen molar-refractivity contribution in [3.05, 3.63) is 59.2 Å². The molecule has 4 amide bonds. The molecule has 236 valence electrons. The number of anilines is 1. The molecular formula is C34H43N3O7. The van der Waals surface area contributed by atoms with Crippen LogP contribution in [0.1, 0.15) is 78.2 Å². The Hall–Kier alpha value is -4.05. The highest BCUT2D eigenvalue weighted by Gasteiger charge is 2.35. The molecule has 10 heteroatoms. The van der Waals surface area contributed by atoms with Gasteiger partial charge >= 0.3 is 5.97 Å². The van der Waals surface area contributed by atoms with E-state index in [1.165, 1.54) is 5.57 Å². The van der Waals surface area contributed by atoms with E-state index in [1.54, 1.807) is 4.90 Å². The van der Waals surface area contributed by atoms with Crippen LogP contribution in [0.3, 0.4) is 0 Å². The lowest BCUT2D eigenvalue weighted by Crippen LogP contribution is -2.39. The van der Waals surface area contributed by atoms with Crippen molar-refractivity contribution < 1.29 is 33.5 Å². The van der Waals surface area contributed by atoms with Crippen LogP contribution in [0.25, 0.3) is 6.08 Å². The number of nitrogens with one attached hydrogen (secondary N) is 1. The van der Waals surface area contributed by atoms with Gasteiger partial charge in [0, 0.05) is 37.6 Å². The number of rotatable bonds is 12. The van der Waals surface area contributed by atoms with E-state index in [2.05, 4.69) is 29.6 Å². The lowest BCUT2D eigenvalue weighted by Gasteiger charge is -2.29. The number of hydrogen-bond acceptors (Lipinski definition) is 7. The molecule has 1 N–H and O–H groups in total. The van der Waals surface area contributed by atoms with E-state index in [1.807, 2.05) is 52.0 Å². The quantitative estimate of drug-likeness (QED) is 0.344. The summed E-state index contributed by atoms with van der Waals surface area (Å²) in [5, 5.41) is 3.48. The van der Waals surface area contributed by atoms with Gasteiger partial charge < -0.3 is 19.8 Å². The van der Waals surface area contributed by atoms with Gasteiger partial charge in [-0.25, -0.2) is 4.79 Å². The highest BCUT2D eigenvalue weighted by Crippen LogP contribution is 2.31. The largest absolute Gasteiger partial charge is 0.380 e. The lowest BCUT2D eigenvalue weighted by atomic mass is 9.90. The van der Waals surface area contributed by atoms with Crippen LogP contribution in [-0.4, -0.2) is 61.0 Å². The summed E-state index contributed by atoms with van der Waals surface area (Å²) in [6, 6.07) is 7.82. The Kier molecular flexibility index (Phi) is 10.6. The summed E-state index contributed by atoms with van der Waals surface area (Å²) in [6.07, 6.45) is 10.6. The molecule has 0 aromatic heterocycles. The average Bonchev–Trinajstić information content (AvgIpc) is 3.27. The van der Waals surface area contributed by atoms with Crippen LogP contribution in [0.4, 0.5) is 5.69 Å². The van der Waals surface area contributed by atoms with Crippen LogP contribution in [0.2, 0.25) is 0 Å². The first-order valence-electron chi connectivity index (χ1n) is 15.2. The maximum absolute atomic E-state index is 13.4. The van der Waals surface area contributed by atoms with Gasteiger partial charge in [0.15, 0.2) is 0 Å². The third-order valence-electron chi connectivity index (χ3n) is 7.77. The molecule has 0 bridgehead atoms. The van der Waals surface area contributed by atoms with Crippen LogP contribution in [0.5, 0.6) is 0 Å². The molecule has 10 nitrogen and oxygen atoms in total. The number of ether oxygens (including phenoxy) is 1. The van der Waals surface area contributed by atoms with Crippen molar-refractivity contribution in [2.45, 2.75) is 72.6 Å². The predicted octanol–water partition coefficient (Wildman–Crippen LogP) is 4.66. The van der Waals surface area contributed by atoms with Crippen molar-refractivity contribution in [2.24, 2.45) is 10.8 Å². The highest BCUT2D eigenvalue weighted by molar-refractivity contribution is 6.01. The van der Waals surface area contributed by atoms with E-state index in [9.17, 15) is 24.0 Å². The van der Waals surface area contributed by atoms with Crippen molar-refractivity contribution >= 4 is 41.4 Å². The fourth-order valence-corrected chi connectivity index (χ4v) is 5.29. The molecule has 0 spiro atoms. The number of hydroxylamine groups is 2. The summed E-state index contributed by atoms with van der Waals surface area (Å²) >= 11 is 0. The normalized spacial score (nSPS) is 17.5. The van der Waals surface area contributed by atoms with Crippen LogP contribution in [-0.2, 0) is 33.5 Å². The predicted molar refractivity (Wildman–Crippen MR) is 166 cm³/mol. The first kappa shape index (κ1) is 32.9. The topological polar surface area (TPSA) is 122 Å². The number of nitrogens with zero attached hydrogens (tertiary/aromatic N) is 2. The minimum Gasteiger partial charge on any atom is -0.380 e. The SMILES string of the molecule is CC(C)(CNC(=O)CCC(=O)N1CC2=C(/C=C\c3ccccc31)CCC=C2)COCC(C)(C)CC(=O)ON1C(=O)CCC1=O. The van der Waals surface area contributed by atoms with Gasteiger partial charge in [-0.1, -0.05) is 70.2 Å². The van der Waals surface area contributed by atoms with E-state index < -0.39 is 28.6 Å². The van der Waals surface area contributed by atoms with Crippen molar-refractivity contribution in [1.82, 2.24) is 10.4 Å². The van der Waals surface area contributed by atoms with Gasteiger partial charge in [0.25, 0.3) is 11.8 Å². The van der Waals surface area contributed by atoms with Crippen molar-refractivity contribution in [3.8, 4) is 0 Å². The molecule has 0 unspecified atom stereocenters. The minimum atomic E-state index is -0.675. The van der Waals surface area contributed by atoms with Crippen LogP contribution < -0.4 is 10.2 Å². The second-order valence-corrected chi connectivity index (χ2v) is 13.2. The van der Waals surface area contributed by atoms with Gasteiger partial charge in [-0.2, -0.15) is 0 Å². The smallest absolute Gasteiger partial charge is 0.333 e. The van der Waals surface area contributed by atoms with Crippen LogP contribution in [0.15, 0.2) is 53.6 Å². The molecule has 44 heavy (non-hydrogen) atoms. The zero-order valence-corrected chi connectivity index (χ0v) is 26.1. The zero-order valence-electron chi connectivity index (χ0n) is 26.1. The van der Waals surface area contributed by atoms with E-state index in [0.29, 0.717) is 24.8 Å². The van der Waals surface area contributed by atoms with Gasteiger partial charge in [-0.15, -0.1) is 5.06 Å². The van der Waals surface area contributed by atoms with Crippen molar-refractivity contribution in [3.63, 3.8) is 0 Å². The van der Waals surface area contributed by atoms with Crippen LogP contribution in [0, 0.1) is 10.8 Å². The number of carbonyl (C=O) groups is 5. The van der Waals surface area contributed by atoms with E-state index >= 15 is 0 Å². The maximum Gasteiger partial charge on any atom is 0.333 e. The van der Waals surface area contributed by atoms with Crippen LogP contribution >= 0.6 is 0 Å². The van der Waals surface area contributed by atoms with Crippen molar-refractivity contribution in [1.29, 1.82) is 0 Å². The molecule has 1 aromatic rings. The van der Waals surface area contributed by atoms with Gasteiger partial charge in [0.2, 0.25) is 11.8 Å². The Morgan fingerprint density at radius 1 is 0.864 bits per heavy atom. The number of para-hydroxylation sites is 1. The van der Waals surface area contributed by atoms with Gasteiger partial charge in [-0.3, -0.25) is 19.2 Å². The third kappa shape index (κ3) is 8.98. The van der Waals surface area contributed by atoms with Crippen molar-refractivity contribution in [2.75, 3.05) is 31.2 Å². The molecule has 1 aliphatic carbocycles. The monoisotopic (exact) mass is 605 g/mol. The summed E-state index contributed by atoms with van der Waals surface area (Å²) < 4.78 is 5.90. The first-order chi connectivity index (χ1) is 20.8. The molecule has 2 heterocycles. The molecule has 1 aromatic carbocycles. The average molecular weight is 606 g/mol. The number of imide groups is 1. The number of hydrogen-bond donors (Lipinski definition) is 1. The highest BCUT2D eigenvalue weighted by atomic mass is 16.7. The Bertz CT molecular complexity index is 1370. The fraction of sp³-hybridized carbons (Fsp3) is 0.500. The molecule has 0 radical (unpaired) electrons. The number of fused-ring (bicyclic) bond motifs is 1. The summed E-state index contributed by atoms with van der Waals surface area (Å²) in [5.74, 6) is -2.02. The Balaban J connectivity index is 1.21. The molecule has 0 saturated carbocycles. The number of benzene rings is 1. The lowest BCUT2D eigenvalue weighted by molar-refractivity contribution is -0.199. The summed E-state index contributed by atoms with van der Waals surface area (Å²) in [5.41, 5.74) is 3.17. The fourth-order valence-electron chi connectivity index (χ4n) is 5.29. The maximum atomic E-state index is 13.4. The molecule has 3 aliphatic rings. The van der Waals surface area contributed by atoms with E-state index in [0.717, 1.165) is 29.7 Å². The van der Waals surface area contributed by atoms with Gasteiger partial charge in [0.1, 0.15) is 0 Å². The molecule has 1 fully saturated rings. The molecule has 4 rings (SSSR count). The zero-order chi connectivity index (χ0) is 31.9. The van der Waals surface area contributed by atoms with E-state index in [4.69, 9.17) is 9.57 Å². The Morgan fingerprint density at radius 2 is 1.57 bits per heavy atom. The molecule has 2 aliphatic heterocycles. The molecule has 1 saturated heterocycles. The number of carbonyl (C=O) groups excluding carboxylic acids is 5. The second-order valence-electron chi connectivity index (χ2n) is 13.2. The summed E-state index contributed by atoms with van der Waals surface area (Å²) in [7, 11) is 0. The van der Waals surface area contributed by atoms with Gasteiger partial charge in [0.05, 0.1) is 31.9 Å². The number of amides is 4. The Morgan fingerprint density at radius 3 is 2.32 bits per heavy atom.